The molecule has 0 aromatic carbocycles. The number of rotatable bonds is 5. The van der Waals surface area contributed by atoms with Crippen molar-refractivity contribution in [3.63, 3.8) is 0 Å². The Morgan fingerprint density at radius 3 is 2.78 bits per heavy atom. The molecular weight excluding hydrogens is 248 g/mol. The normalized spacial score (nSPS) is 14.1. The second kappa shape index (κ2) is 5.35. The monoisotopic (exact) mass is 264 g/mol. The Balaban J connectivity index is 1.90. The predicted molar refractivity (Wildman–Crippen MR) is 72.8 cm³/mol. The first-order valence-electron chi connectivity index (χ1n) is 5.89. The molecule has 0 saturated heterocycles. The number of thiophene rings is 1. The Morgan fingerprint density at radius 1 is 1.44 bits per heavy atom. The average molecular weight is 264 g/mol. The summed E-state index contributed by atoms with van der Waals surface area (Å²) in [5.74, 6) is 0.105. The van der Waals surface area contributed by atoms with Crippen molar-refractivity contribution in [1.82, 2.24) is 5.32 Å². The van der Waals surface area contributed by atoms with Crippen LogP contribution in [0.15, 0.2) is 24.3 Å². The standard InChI is InChI=1S/C13H16N2O2S/c1-8(2)7-14-13(17)10-5-6-11(18-10)15-12(16)9-3-4-9/h5-6,9H,1,3-4,7H2,2H3,(H,14,17)(H,15,16). The lowest BCUT2D eigenvalue weighted by atomic mass is 10.3. The molecule has 1 heterocycles. The van der Waals surface area contributed by atoms with Gasteiger partial charge in [-0.15, -0.1) is 11.3 Å². The number of carbonyl (C=O) groups excluding carboxylic acids is 2. The van der Waals surface area contributed by atoms with Crippen LogP contribution in [0.3, 0.4) is 0 Å². The number of hydrogen-bond donors (Lipinski definition) is 2. The number of amides is 2. The van der Waals surface area contributed by atoms with E-state index in [9.17, 15) is 9.59 Å². The van der Waals surface area contributed by atoms with Gasteiger partial charge in [0.2, 0.25) is 5.91 Å². The minimum Gasteiger partial charge on any atom is -0.348 e. The average Bonchev–Trinajstić information content (AvgIpc) is 3.07. The van der Waals surface area contributed by atoms with Crippen LogP contribution in [-0.4, -0.2) is 18.4 Å². The van der Waals surface area contributed by atoms with Crippen LogP contribution in [0.25, 0.3) is 0 Å². The Bertz CT molecular complexity index is 489. The van der Waals surface area contributed by atoms with E-state index in [0.29, 0.717) is 11.4 Å². The SMILES string of the molecule is C=C(C)CNC(=O)c1ccc(NC(=O)C2CC2)s1. The fraction of sp³-hybridized carbons (Fsp3) is 0.385. The Morgan fingerprint density at radius 2 is 2.17 bits per heavy atom. The van der Waals surface area contributed by atoms with Gasteiger partial charge in [-0.05, 0) is 31.9 Å². The van der Waals surface area contributed by atoms with Gasteiger partial charge in [-0.25, -0.2) is 0 Å². The summed E-state index contributed by atoms with van der Waals surface area (Å²) in [7, 11) is 0. The number of hydrogen-bond acceptors (Lipinski definition) is 3. The number of nitrogens with one attached hydrogen (secondary N) is 2. The fourth-order valence-corrected chi connectivity index (χ4v) is 2.24. The summed E-state index contributed by atoms with van der Waals surface area (Å²) in [6.45, 7) is 6.05. The highest BCUT2D eigenvalue weighted by Gasteiger charge is 2.29. The molecule has 1 aromatic rings. The third kappa shape index (κ3) is 3.43. The molecule has 0 bridgehead atoms. The molecule has 2 N–H and O–H groups in total. The molecule has 1 aromatic heterocycles. The summed E-state index contributed by atoms with van der Waals surface area (Å²) in [6, 6.07) is 3.49. The molecule has 96 valence electrons. The van der Waals surface area contributed by atoms with Gasteiger partial charge in [0, 0.05) is 12.5 Å². The van der Waals surface area contributed by atoms with Crippen LogP contribution in [0.5, 0.6) is 0 Å². The zero-order valence-electron chi connectivity index (χ0n) is 10.3. The lowest BCUT2D eigenvalue weighted by Crippen LogP contribution is -2.23. The highest BCUT2D eigenvalue weighted by Crippen LogP contribution is 2.31. The van der Waals surface area contributed by atoms with Gasteiger partial charge in [-0.2, -0.15) is 0 Å². The third-order valence-electron chi connectivity index (χ3n) is 2.58. The molecule has 2 amide bonds. The van der Waals surface area contributed by atoms with Gasteiger partial charge in [-0.3, -0.25) is 9.59 Å². The van der Waals surface area contributed by atoms with Crippen LogP contribution < -0.4 is 10.6 Å². The van der Waals surface area contributed by atoms with Crippen LogP contribution in [0.2, 0.25) is 0 Å². The molecule has 1 aliphatic carbocycles. The molecule has 4 nitrogen and oxygen atoms in total. The maximum absolute atomic E-state index is 11.7. The van der Waals surface area contributed by atoms with Gasteiger partial charge in [0.15, 0.2) is 0 Å². The molecule has 1 aliphatic rings. The number of anilines is 1. The maximum atomic E-state index is 11.7. The lowest BCUT2D eigenvalue weighted by Gasteiger charge is -2.02. The van der Waals surface area contributed by atoms with Crippen molar-refractivity contribution in [2.45, 2.75) is 19.8 Å². The first-order chi connectivity index (χ1) is 8.56. The van der Waals surface area contributed by atoms with Crippen molar-refractivity contribution in [3.8, 4) is 0 Å². The highest BCUT2D eigenvalue weighted by molar-refractivity contribution is 7.18. The summed E-state index contributed by atoms with van der Waals surface area (Å²) in [6.07, 6.45) is 1.95. The van der Waals surface area contributed by atoms with Crippen molar-refractivity contribution in [1.29, 1.82) is 0 Å². The Labute approximate surface area is 110 Å². The van der Waals surface area contributed by atoms with Gasteiger partial charge < -0.3 is 10.6 Å². The largest absolute Gasteiger partial charge is 0.348 e. The first-order valence-corrected chi connectivity index (χ1v) is 6.71. The molecule has 2 rings (SSSR count). The van der Waals surface area contributed by atoms with Crippen LogP contribution in [0.4, 0.5) is 5.00 Å². The van der Waals surface area contributed by atoms with E-state index in [1.165, 1.54) is 11.3 Å². The third-order valence-corrected chi connectivity index (χ3v) is 3.57. The minimum absolute atomic E-state index is 0.0609. The molecule has 1 saturated carbocycles. The van der Waals surface area contributed by atoms with E-state index < -0.39 is 0 Å². The second-order valence-corrected chi connectivity index (χ2v) is 5.65. The van der Waals surface area contributed by atoms with E-state index in [2.05, 4.69) is 17.2 Å². The quantitative estimate of drug-likeness (QED) is 0.802. The summed E-state index contributed by atoms with van der Waals surface area (Å²) in [4.78, 5) is 23.9. The molecule has 0 spiro atoms. The molecular formula is C13H16N2O2S. The predicted octanol–water partition coefficient (Wildman–Crippen LogP) is 2.40. The molecule has 5 heteroatoms. The van der Waals surface area contributed by atoms with Crippen molar-refractivity contribution in [2.75, 3.05) is 11.9 Å². The van der Waals surface area contributed by atoms with Crippen molar-refractivity contribution in [2.24, 2.45) is 5.92 Å². The van der Waals surface area contributed by atoms with Crippen LogP contribution in [0.1, 0.15) is 29.4 Å². The highest BCUT2D eigenvalue weighted by atomic mass is 32.1. The van der Waals surface area contributed by atoms with E-state index in [1.54, 1.807) is 12.1 Å². The molecule has 0 radical (unpaired) electrons. The zero-order chi connectivity index (χ0) is 13.1. The maximum Gasteiger partial charge on any atom is 0.261 e. The molecule has 1 fully saturated rings. The molecule has 0 atom stereocenters. The summed E-state index contributed by atoms with van der Waals surface area (Å²) >= 11 is 1.29. The van der Waals surface area contributed by atoms with E-state index >= 15 is 0 Å². The van der Waals surface area contributed by atoms with Gasteiger partial charge in [0.05, 0.1) is 9.88 Å². The lowest BCUT2D eigenvalue weighted by molar-refractivity contribution is -0.117. The van der Waals surface area contributed by atoms with E-state index in [1.807, 2.05) is 6.92 Å². The zero-order valence-corrected chi connectivity index (χ0v) is 11.1. The molecule has 0 aliphatic heterocycles. The Hall–Kier alpha value is -1.62. The van der Waals surface area contributed by atoms with Gasteiger partial charge >= 0.3 is 0 Å². The van der Waals surface area contributed by atoms with Gasteiger partial charge in [-0.1, -0.05) is 12.2 Å². The first kappa shape index (κ1) is 12.8. The van der Waals surface area contributed by atoms with Crippen LogP contribution in [0, 0.1) is 5.92 Å². The summed E-state index contributed by atoms with van der Waals surface area (Å²) in [5, 5.41) is 6.31. The molecule has 18 heavy (non-hydrogen) atoms. The van der Waals surface area contributed by atoms with E-state index in [0.717, 1.165) is 23.4 Å². The van der Waals surface area contributed by atoms with Gasteiger partial charge in [0.1, 0.15) is 0 Å². The number of carbonyl (C=O) groups is 2. The fourth-order valence-electron chi connectivity index (χ4n) is 1.41. The smallest absolute Gasteiger partial charge is 0.261 e. The van der Waals surface area contributed by atoms with E-state index in [4.69, 9.17) is 0 Å². The minimum atomic E-state index is -0.130. The summed E-state index contributed by atoms with van der Waals surface area (Å²) in [5.41, 5.74) is 0.905. The van der Waals surface area contributed by atoms with Crippen LogP contribution >= 0.6 is 11.3 Å². The van der Waals surface area contributed by atoms with Crippen molar-refractivity contribution < 1.29 is 9.59 Å². The van der Waals surface area contributed by atoms with E-state index in [-0.39, 0.29) is 17.7 Å². The second-order valence-electron chi connectivity index (χ2n) is 4.57. The molecule has 0 unspecified atom stereocenters. The van der Waals surface area contributed by atoms with Crippen molar-refractivity contribution in [3.05, 3.63) is 29.2 Å². The topological polar surface area (TPSA) is 58.2 Å². The van der Waals surface area contributed by atoms with Crippen molar-refractivity contribution >= 4 is 28.2 Å². The Kier molecular flexibility index (Phi) is 3.81. The van der Waals surface area contributed by atoms with Gasteiger partial charge in [0.25, 0.3) is 5.91 Å². The van der Waals surface area contributed by atoms with Crippen LogP contribution in [-0.2, 0) is 4.79 Å². The summed E-state index contributed by atoms with van der Waals surface area (Å²) < 4.78 is 0.